The van der Waals surface area contributed by atoms with Gasteiger partial charge in [0.05, 0.1) is 0 Å². The van der Waals surface area contributed by atoms with Gasteiger partial charge in [-0.25, -0.2) is 0 Å². The van der Waals surface area contributed by atoms with Crippen LogP contribution in [-0.2, 0) is 6.54 Å². The molecule has 2 atom stereocenters. The van der Waals surface area contributed by atoms with Gasteiger partial charge in [0.25, 0.3) is 0 Å². The van der Waals surface area contributed by atoms with E-state index in [0.29, 0.717) is 0 Å². The molecule has 1 aromatic carbocycles. The van der Waals surface area contributed by atoms with Gasteiger partial charge in [-0.2, -0.15) is 0 Å². The van der Waals surface area contributed by atoms with E-state index in [0.717, 1.165) is 23.0 Å². The minimum Gasteiger partial charge on any atom is -0.312 e. The Morgan fingerprint density at radius 1 is 1.24 bits per heavy atom. The van der Waals surface area contributed by atoms with Gasteiger partial charge in [-0.3, -0.25) is 4.90 Å². The fourth-order valence-electron chi connectivity index (χ4n) is 3.11. The van der Waals surface area contributed by atoms with Crippen LogP contribution in [-0.4, -0.2) is 30.6 Å². The second kappa shape index (κ2) is 5.09. The maximum Gasteiger partial charge on any atom is 0.0235 e. The minimum absolute atomic E-state index is 0.749. The summed E-state index contributed by atoms with van der Waals surface area (Å²) in [6.45, 7) is 4.81. The molecule has 2 saturated heterocycles. The monoisotopic (exact) mass is 294 g/mol. The highest BCUT2D eigenvalue weighted by Crippen LogP contribution is 2.26. The zero-order valence-corrected chi connectivity index (χ0v) is 11.6. The number of halogens is 1. The van der Waals surface area contributed by atoms with Crippen molar-refractivity contribution in [2.45, 2.75) is 25.4 Å². The third-order valence-electron chi connectivity index (χ3n) is 3.99. The summed E-state index contributed by atoms with van der Waals surface area (Å²) >= 11 is 3.48. The maximum atomic E-state index is 3.66. The molecule has 0 saturated carbocycles. The molecule has 0 bridgehead atoms. The summed E-state index contributed by atoms with van der Waals surface area (Å²) in [6, 6.07) is 9.46. The van der Waals surface area contributed by atoms with E-state index in [1.54, 1.807) is 0 Å². The smallest absolute Gasteiger partial charge is 0.0235 e. The van der Waals surface area contributed by atoms with Gasteiger partial charge in [-0.1, -0.05) is 28.1 Å². The number of nitrogens with one attached hydrogen (secondary N) is 1. The molecule has 0 aromatic heterocycles. The van der Waals surface area contributed by atoms with Crippen LogP contribution in [0, 0.1) is 5.92 Å². The van der Waals surface area contributed by atoms with Crippen LogP contribution in [0.3, 0.4) is 0 Å². The first-order valence-corrected chi connectivity index (χ1v) is 7.31. The van der Waals surface area contributed by atoms with Crippen molar-refractivity contribution in [3.05, 3.63) is 34.3 Å². The van der Waals surface area contributed by atoms with E-state index in [1.807, 2.05) is 0 Å². The number of nitrogens with zero attached hydrogens (tertiary/aromatic N) is 1. The van der Waals surface area contributed by atoms with Gasteiger partial charge in [0.15, 0.2) is 0 Å². The predicted octanol–water partition coefficient (Wildman–Crippen LogP) is 2.63. The molecular weight excluding hydrogens is 276 g/mol. The molecule has 0 unspecified atom stereocenters. The number of hydrogen-bond donors (Lipinski definition) is 1. The first-order chi connectivity index (χ1) is 8.31. The molecule has 1 aromatic rings. The highest BCUT2D eigenvalue weighted by molar-refractivity contribution is 9.10. The van der Waals surface area contributed by atoms with Gasteiger partial charge >= 0.3 is 0 Å². The summed E-state index contributed by atoms with van der Waals surface area (Å²) in [5, 5.41) is 3.66. The first-order valence-electron chi connectivity index (χ1n) is 6.51. The van der Waals surface area contributed by atoms with Crippen molar-refractivity contribution in [2.75, 3.05) is 19.6 Å². The standard InChI is InChI=1S/C14H19BrN2/c15-13-5-3-11(4-6-13)8-17-9-12-2-1-7-16-14(12)10-17/h3-6,12,14,16H,1-2,7-10H2/t12-,14+/m0/s1. The number of likely N-dealkylation sites (tertiary alicyclic amines) is 1. The molecule has 0 amide bonds. The summed E-state index contributed by atoms with van der Waals surface area (Å²) < 4.78 is 1.16. The van der Waals surface area contributed by atoms with E-state index in [2.05, 4.69) is 50.4 Å². The van der Waals surface area contributed by atoms with Crippen molar-refractivity contribution in [1.82, 2.24) is 10.2 Å². The molecule has 0 spiro atoms. The molecule has 2 fully saturated rings. The lowest BCUT2D eigenvalue weighted by atomic mass is 9.94. The molecule has 17 heavy (non-hydrogen) atoms. The van der Waals surface area contributed by atoms with Gasteiger partial charge in [0.2, 0.25) is 0 Å². The van der Waals surface area contributed by atoms with Crippen LogP contribution >= 0.6 is 15.9 Å². The first kappa shape index (κ1) is 11.7. The zero-order chi connectivity index (χ0) is 11.7. The van der Waals surface area contributed by atoms with Gasteiger partial charge in [0.1, 0.15) is 0 Å². The van der Waals surface area contributed by atoms with Crippen LogP contribution in [0.5, 0.6) is 0 Å². The van der Waals surface area contributed by atoms with Crippen LogP contribution in [0.25, 0.3) is 0 Å². The van der Waals surface area contributed by atoms with E-state index < -0.39 is 0 Å². The SMILES string of the molecule is Brc1ccc(CN2C[C@@H]3CCCN[C@@H]3C2)cc1. The number of hydrogen-bond acceptors (Lipinski definition) is 2. The Morgan fingerprint density at radius 2 is 2.06 bits per heavy atom. The van der Waals surface area contributed by atoms with Crippen LogP contribution in [0.2, 0.25) is 0 Å². The molecule has 2 aliphatic rings. The van der Waals surface area contributed by atoms with Crippen molar-refractivity contribution >= 4 is 15.9 Å². The topological polar surface area (TPSA) is 15.3 Å². The Hall–Kier alpha value is -0.380. The summed E-state index contributed by atoms with van der Waals surface area (Å²) in [6.07, 6.45) is 2.77. The fourth-order valence-corrected chi connectivity index (χ4v) is 3.38. The Balaban J connectivity index is 1.61. The van der Waals surface area contributed by atoms with Crippen LogP contribution in [0.1, 0.15) is 18.4 Å². The Bertz CT molecular complexity index is 362. The van der Waals surface area contributed by atoms with E-state index in [-0.39, 0.29) is 0 Å². The molecule has 2 heterocycles. The van der Waals surface area contributed by atoms with Gasteiger partial charge < -0.3 is 5.32 Å². The lowest BCUT2D eigenvalue weighted by Crippen LogP contribution is -2.40. The van der Waals surface area contributed by atoms with Crippen LogP contribution in [0.15, 0.2) is 28.7 Å². The lowest BCUT2D eigenvalue weighted by molar-refractivity contribution is 0.312. The van der Waals surface area contributed by atoms with E-state index >= 15 is 0 Å². The van der Waals surface area contributed by atoms with Crippen molar-refractivity contribution in [3.8, 4) is 0 Å². The van der Waals surface area contributed by atoms with E-state index in [1.165, 1.54) is 38.0 Å². The number of piperidine rings is 1. The third-order valence-corrected chi connectivity index (χ3v) is 4.52. The highest BCUT2D eigenvalue weighted by Gasteiger charge is 2.33. The third kappa shape index (κ3) is 2.72. The molecule has 3 heteroatoms. The Morgan fingerprint density at radius 3 is 2.82 bits per heavy atom. The normalized spacial score (nSPS) is 29.2. The van der Waals surface area contributed by atoms with Crippen molar-refractivity contribution in [1.29, 1.82) is 0 Å². The predicted molar refractivity (Wildman–Crippen MR) is 73.9 cm³/mol. The largest absolute Gasteiger partial charge is 0.312 e. The minimum atomic E-state index is 0.749. The molecule has 2 aliphatic heterocycles. The van der Waals surface area contributed by atoms with Crippen LogP contribution < -0.4 is 5.32 Å². The molecule has 2 nitrogen and oxygen atoms in total. The van der Waals surface area contributed by atoms with E-state index in [4.69, 9.17) is 0 Å². The summed E-state index contributed by atoms with van der Waals surface area (Å²) in [5.74, 6) is 0.888. The van der Waals surface area contributed by atoms with Crippen molar-refractivity contribution in [3.63, 3.8) is 0 Å². The molecular formula is C14H19BrN2. The molecule has 0 radical (unpaired) electrons. The summed E-state index contributed by atoms with van der Waals surface area (Å²) in [7, 11) is 0. The van der Waals surface area contributed by atoms with Gasteiger partial charge in [0, 0.05) is 30.1 Å². The zero-order valence-electron chi connectivity index (χ0n) is 10.0. The molecule has 0 aliphatic carbocycles. The number of fused-ring (bicyclic) bond motifs is 1. The fraction of sp³-hybridized carbons (Fsp3) is 0.571. The van der Waals surface area contributed by atoms with Crippen molar-refractivity contribution in [2.24, 2.45) is 5.92 Å². The van der Waals surface area contributed by atoms with Gasteiger partial charge in [-0.05, 0) is 43.0 Å². The summed E-state index contributed by atoms with van der Waals surface area (Å²) in [4.78, 5) is 2.59. The van der Waals surface area contributed by atoms with Crippen molar-refractivity contribution < 1.29 is 0 Å². The lowest BCUT2D eigenvalue weighted by Gasteiger charge is -2.24. The molecule has 1 N–H and O–H groups in total. The summed E-state index contributed by atoms with van der Waals surface area (Å²) in [5.41, 5.74) is 1.42. The maximum absolute atomic E-state index is 3.66. The Labute approximate surface area is 112 Å². The van der Waals surface area contributed by atoms with E-state index in [9.17, 15) is 0 Å². The van der Waals surface area contributed by atoms with Crippen LogP contribution in [0.4, 0.5) is 0 Å². The average molecular weight is 295 g/mol. The molecule has 92 valence electrons. The average Bonchev–Trinajstić information content (AvgIpc) is 2.74. The molecule has 3 rings (SSSR count). The second-order valence-electron chi connectivity index (χ2n) is 5.28. The number of benzene rings is 1. The number of rotatable bonds is 2. The highest BCUT2D eigenvalue weighted by atomic mass is 79.9. The second-order valence-corrected chi connectivity index (χ2v) is 6.20. The van der Waals surface area contributed by atoms with Gasteiger partial charge in [-0.15, -0.1) is 0 Å². The quantitative estimate of drug-likeness (QED) is 0.902. The Kier molecular flexibility index (Phi) is 3.50.